The minimum Gasteiger partial charge on any atom is -0.359 e. The maximum Gasteiger partial charge on any atom is 0.0774 e. The lowest BCUT2D eigenvalue weighted by Crippen LogP contribution is -2.43. The third kappa shape index (κ3) is 2.31. The molecule has 1 unspecified atom stereocenters. The maximum absolute atomic E-state index is 6.06. The van der Waals surface area contributed by atoms with Crippen molar-refractivity contribution in [3.63, 3.8) is 0 Å². The first-order chi connectivity index (χ1) is 7.83. The molecule has 2 saturated carbocycles. The second-order valence-electron chi connectivity index (χ2n) is 5.79. The van der Waals surface area contributed by atoms with E-state index in [1.54, 1.807) is 0 Å². The lowest BCUT2D eigenvalue weighted by molar-refractivity contribution is -0.0354. The molecule has 0 aromatic heterocycles. The molecule has 2 rings (SSSR count). The van der Waals surface area contributed by atoms with Gasteiger partial charge in [-0.1, -0.05) is 39.0 Å². The number of rotatable bonds is 5. The van der Waals surface area contributed by atoms with Crippen LogP contribution in [-0.4, -0.2) is 5.60 Å². The molecule has 0 aromatic carbocycles. The summed E-state index contributed by atoms with van der Waals surface area (Å²) in [4.78, 5) is 0. The molecule has 1 nitrogen and oxygen atoms in total. The third-order valence-corrected chi connectivity index (χ3v) is 5.39. The predicted molar refractivity (Wildman–Crippen MR) is 72.4 cm³/mol. The van der Waals surface area contributed by atoms with Crippen LogP contribution >= 0.6 is 9.47 Å². The van der Waals surface area contributed by atoms with Gasteiger partial charge >= 0.3 is 0 Å². The highest BCUT2D eigenvalue weighted by Crippen LogP contribution is 2.50. The standard InChI is InChI=1S/C14H27OP/c1-2-11-14(15-16,12-7-3-4-8-12)13-9-5-6-10-13/h12-13H,2-11,16H2,1H3. The Kier molecular flexibility index (Phi) is 4.67. The highest BCUT2D eigenvalue weighted by Gasteiger charge is 2.46. The van der Waals surface area contributed by atoms with Crippen LogP contribution < -0.4 is 0 Å². The van der Waals surface area contributed by atoms with Crippen LogP contribution in [0.5, 0.6) is 0 Å². The maximum atomic E-state index is 6.06. The molecule has 2 fully saturated rings. The summed E-state index contributed by atoms with van der Waals surface area (Å²) in [5.74, 6) is 1.68. The fourth-order valence-electron chi connectivity index (χ4n) is 4.21. The van der Waals surface area contributed by atoms with Crippen LogP contribution in [0.4, 0.5) is 0 Å². The molecule has 1 atom stereocenters. The Morgan fingerprint density at radius 3 is 1.75 bits per heavy atom. The smallest absolute Gasteiger partial charge is 0.0774 e. The van der Waals surface area contributed by atoms with Gasteiger partial charge in [0.15, 0.2) is 0 Å². The first-order valence-electron chi connectivity index (χ1n) is 7.21. The quantitative estimate of drug-likeness (QED) is 0.634. The van der Waals surface area contributed by atoms with Crippen LogP contribution in [0.25, 0.3) is 0 Å². The van der Waals surface area contributed by atoms with Crippen LogP contribution in [0.2, 0.25) is 0 Å². The molecule has 0 radical (unpaired) electrons. The highest BCUT2D eigenvalue weighted by molar-refractivity contribution is 7.09. The van der Waals surface area contributed by atoms with E-state index in [1.165, 1.54) is 64.2 Å². The summed E-state index contributed by atoms with van der Waals surface area (Å²) in [6.07, 6.45) is 13.9. The Labute approximate surface area is 103 Å². The number of hydrogen-bond acceptors (Lipinski definition) is 1. The van der Waals surface area contributed by atoms with Gasteiger partial charge in [-0.3, -0.25) is 0 Å². The Balaban J connectivity index is 2.14. The molecule has 16 heavy (non-hydrogen) atoms. The van der Waals surface area contributed by atoms with Gasteiger partial charge in [0.05, 0.1) is 5.60 Å². The van der Waals surface area contributed by atoms with Gasteiger partial charge in [0, 0.05) is 9.47 Å². The van der Waals surface area contributed by atoms with Gasteiger partial charge in [-0.15, -0.1) is 0 Å². The second kappa shape index (κ2) is 5.83. The van der Waals surface area contributed by atoms with Gasteiger partial charge in [0.2, 0.25) is 0 Å². The molecule has 0 aliphatic heterocycles. The molecule has 0 saturated heterocycles. The first-order valence-corrected chi connectivity index (χ1v) is 7.68. The van der Waals surface area contributed by atoms with Gasteiger partial charge in [-0.05, 0) is 43.9 Å². The van der Waals surface area contributed by atoms with Crippen LogP contribution in [0, 0.1) is 11.8 Å². The molecule has 94 valence electrons. The van der Waals surface area contributed by atoms with Crippen LogP contribution in [0.15, 0.2) is 0 Å². The molecule has 2 aliphatic rings. The van der Waals surface area contributed by atoms with E-state index in [9.17, 15) is 0 Å². The zero-order chi connectivity index (χ0) is 11.4. The summed E-state index contributed by atoms with van der Waals surface area (Å²) in [5.41, 5.74) is 0.215. The van der Waals surface area contributed by atoms with Crippen LogP contribution in [0.1, 0.15) is 71.1 Å². The molecule has 0 N–H and O–H groups in total. The minimum absolute atomic E-state index is 0.215. The minimum atomic E-state index is 0.215. The lowest BCUT2D eigenvalue weighted by Gasteiger charge is -2.43. The normalized spacial score (nSPS) is 24.4. The highest BCUT2D eigenvalue weighted by atomic mass is 31.0. The summed E-state index contributed by atoms with van der Waals surface area (Å²) < 4.78 is 6.06. The van der Waals surface area contributed by atoms with Gasteiger partial charge < -0.3 is 4.52 Å². The molecule has 2 heteroatoms. The number of hydrogen-bond donors (Lipinski definition) is 0. The third-order valence-electron chi connectivity index (χ3n) is 4.95. The van der Waals surface area contributed by atoms with Crippen molar-refractivity contribution in [1.82, 2.24) is 0 Å². The van der Waals surface area contributed by atoms with E-state index in [2.05, 4.69) is 16.4 Å². The molecular weight excluding hydrogens is 215 g/mol. The fraction of sp³-hybridized carbons (Fsp3) is 1.00. The first kappa shape index (κ1) is 12.8. The molecule has 0 spiro atoms. The fourth-order valence-corrected chi connectivity index (χ4v) is 4.72. The molecule has 0 bridgehead atoms. The van der Waals surface area contributed by atoms with Crippen molar-refractivity contribution in [2.45, 2.75) is 76.7 Å². The van der Waals surface area contributed by atoms with Crippen molar-refractivity contribution in [1.29, 1.82) is 0 Å². The largest absolute Gasteiger partial charge is 0.359 e. The second-order valence-corrected chi connectivity index (χ2v) is 6.02. The van der Waals surface area contributed by atoms with Gasteiger partial charge in [-0.2, -0.15) is 0 Å². The van der Waals surface area contributed by atoms with Crippen molar-refractivity contribution in [2.75, 3.05) is 0 Å². The van der Waals surface area contributed by atoms with E-state index in [0.717, 1.165) is 11.8 Å². The molecular formula is C14H27OP. The Morgan fingerprint density at radius 1 is 1.00 bits per heavy atom. The van der Waals surface area contributed by atoms with E-state index in [-0.39, 0.29) is 5.60 Å². The average molecular weight is 242 g/mol. The van der Waals surface area contributed by atoms with Crippen molar-refractivity contribution >= 4 is 9.47 Å². The zero-order valence-electron chi connectivity index (χ0n) is 10.7. The van der Waals surface area contributed by atoms with E-state index in [1.807, 2.05) is 0 Å². The van der Waals surface area contributed by atoms with Gasteiger partial charge in [0.1, 0.15) is 0 Å². The average Bonchev–Trinajstić information content (AvgIpc) is 2.98. The van der Waals surface area contributed by atoms with Crippen LogP contribution in [-0.2, 0) is 4.52 Å². The Bertz CT molecular complexity index is 189. The van der Waals surface area contributed by atoms with E-state index >= 15 is 0 Å². The molecule has 0 aromatic rings. The van der Waals surface area contributed by atoms with Gasteiger partial charge in [0.25, 0.3) is 0 Å². The van der Waals surface area contributed by atoms with E-state index in [0.29, 0.717) is 0 Å². The summed E-state index contributed by atoms with van der Waals surface area (Å²) in [5, 5.41) is 0. The van der Waals surface area contributed by atoms with Crippen molar-refractivity contribution in [2.24, 2.45) is 11.8 Å². The van der Waals surface area contributed by atoms with Crippen molar-refractivity contribution in [3.05, 3.63) is 0 Å². The predicted octanol–water partition coefficient (Wildman–Crippen LogP) is 4.71. The SMILES string of the molecule is CCCC(OP)(C1CCCC1)C1CCCC1. The monoisotopic (exact) mass is 242 g/mol. The summed E-state index contributed by atoms with van der Waals surface area (Å²) in [6.45, 7) is 2.31. The molecule has 2 aliphatic carbocycles. The summed E-state index contributed by atoms with van der Waals surface area (Å²) in [6, 6.07) is 0. The van der Waals surface area contributed by atoms with Crippen LogP contribution in [0.3, 0.4) is 0 Å². The summed E-state index contributed by atoms with van der Waals surface area (Å²) >= 11 is 0. The Hall–Kier alpha value is 0.390. The van der Waals surface area contributed by atoms with E-state index < -0.39 is 0 Å². The topological polar surface area (TPSA) is 9.23 Å². The van der Waals surface area contributed by atoms with E-state index in [4.69, 9.17) is 4.52 Å². The Morgan fingerprint density at radius 2 is 1.44 bits per heavy atom. The zero-order valence-corrected chi connectivity index (χ0v) is 11.9. The molecule has 0 amide bonds. The van der Waals surface area contributed by atoms with Gasteiger partial charge in [-0.25, -0.2) is 0 Å². The van der Waals surface area contributed by atoms with Crippen molar-refractivity contribution < 1.29 is 4.52 Å². The lowest BCUT2D eigenvalue weighted by atomic mass is 9.72. The van der Waals surface area contributed by atoms with Crippen molar-refractivity contribution in [3.8, 4) is 0 Å². The molecule has 0 heterocycles. The summed E-state index contributed by atoms with van der Waals surface area (Å²) in [7, 11) is 2.61.